The number of nitrogens with zero attached hydrogens (tertiary/aromatic N) is 2. The Kier molecular flexibility index (Phi) is 7.60. The summed E-state index contributed by atoms with van der Waals surface area (Å²) in [7, 11) is 0. The summed E-state index contributed by atoms with van der Waals surface area (Å²) in [5, 5.41) is 6.17. The largest absolute Gasteiger partial charge is 0.368 e. The topological polar surface area (TPSA) is 64.7 Å². The highest BCUT2D eigenvalue weighted by molar-refractivity contribution is 6.44. The van der Waals surface area contributed by atoms with Crippen LogP contribution in [0.1, 0.15) is 11.1 Å². The second-order valence-corrected chi connectivity index (χ2v) is 9.05. The molecule has 176 valence electrons. The number of carbonyl (C=O) groups excluding carboxylic acids is 2. The van der Waals surface area contributed by atoms with Crippen LogP contribution in [0.3, 0.4) is 0 Å². The number of rotatable bonds is 5. The van der Waals surface area contributed by atoms with E-state index in [1.807, 2.05) is 54.3 Å². The van der Waals surface area contributed by atoms with E-state index in [2.05, 4.69) is 21.6 Å². The molecular formula is C26H26Cl2N4O2. The number of hydrogen-bond donors (Lipinski definition) is 2. The van der Waals surface area contributed by atoms with Gasteiger partial charge < -0.3 is 20.4 Å². The molecular weight excluding hydrogens is 471 g/mol. The molecule has 1 aliphatic rings. The molecule has 0 bridgehead atoms. The maximum absolute atomic E-state index is 12.7. The summed E-state index contributed by atoms with van der Waals surface area (Å²) in [6.07, 6.45) is 0.435. The summed E-state index contributed by atoms with van der Waals surface area (Å²) >= 11 is 12.1. The minimum atomic E-state index is -0.405. The highest BCUT2D eigenvalue weighted by Crippen LogP contribution is 2.29. The van der Waals surface area contributed by atoms with E-state index in [-0.39, 0.29) is 5.91 Å². The molecule has 0 spiro atoms. The van der Waals surface area contributed by atoms with Crippen LogP contribution in [-0.4, -0.2) is 43.0 Å². The fourth-order valence-corrected chi connectivity index (χ4v) is 4.31. The molecule has 34 heavy (non-hydrogen) atoms. The van der Waals surface area contributed by atoms with E-state index in [1.165, 1.54) is 5.56 Å². The molecule has 0 atom stereocenters. The van der Waals surface area contributed by atoms with Gasteiger partial charge in [-0.2, -0.15) is 0 Å². The lowest BCUT2D eigenvalue weighted by Crippen LogP contribution is -2.49. The average Bonchev–Trinajstić information content (AvgIpc) is 2.83. The van der Waals surface area contributed by atoms with Crippen LogP contribution < -0.4 is 15.5 Å². The molecule has 2 N–H and O–H groups in total. The zero-order chi connectivity index (χ0) is 24.1. The lowest BCUT2D eigenvalue weighted by molar-refractivity contribution is -0.130. The molecule has 3 amide bonds. The van der Waals surface area contributed by atoms with Gasteiger partial charge in [0.05, 0.1) is 22.2 Å². The Balaban J connectivity index is 1.27. The van der Waals surface area contributed by atoms with Crippen LogP contribution in [0, 0.1) is 6.92 Å². The first-order valence-corrected chi connectivity index (χ1v) is 11.8. The molecule has 1 heterocycles. The molecule has 0 saturated carbocycles. The molecule has 0 aliphatic carbocycles. The number of carbonyl (C=O) groups is 2. The number of nitrogens with one attached hydrogen (secondary N) is 2. The minimum Gasteiger partial charge on any atom is -0.368 e. The summed E-state index contributed by atoms with van der Waals surface area (Å²) in [6.45, 7) is 4.94. The number of urea groups is 1. The van der Waals surface area contributed by atoms with Crippen molar-refractivity contribution in [3.05, 3.63) is 87.9 Å². The number of halogens is 2. The summed E-state index contributed by atoms with van der Waals surface area (Å²) in [4.78, 5) is 29.2. The maximum atomic E-state index is 12.7. The minimum absolute atomic E-state index is 0.163. The standard InChI is InChI=1S/C26H26Cl2N4O2/c1-18-4-2-5-19(16-18)17-24(33)32-14-12-31(13-15-32)21-10-8-20(9-11-21)29-26(34)30-23-7-3-6-22(27)25(23)28/h2-11,16H,12-15,17H2,1H3,(H2,29,30,34). The fourth-order valence-electron chi connectivity index (χ4n) is 3.96. The number of piperazine rings is 1. The lowest BCUT2D eigenvalue weighted by atomic mass is 10.1. The van der Waals surface area contributed by atoms with Crippen molar-refractivity contribution in [2.75, 3.05) is 41.7 Å². The molecule has 0 unspecified atom stereocenters. The molecule has 3 aromatic carbocycles. The normalized spacial score (nSPS) is 13.5. The third kappa shape index (κ3) is 6.01. The van der Waals surface area contributed by atoms with Gasteiger partial charge in [0.15, 0.2) is 0 Å². The average molecular weight is 497 g/mol. The first-order chi connectivity index (χ1) is 16.4. The van der Waals surface area contributed by atoms with Crippen molar-refractivity contribution >= 4 is 52.2 Å². The SMILES string of the molecule is Cc1cccc(CC(=O)N2CCN(c3ccc(NC(=O)Nc4cccc(Cl)c4Cl)cc3)CC2)c1. The Morgan fingerprint density at radius 3 is 2.29 bits per heavy atom. The van der Waals surface area contributed by atoms with Crippen molar-refractivity contribution in [2.24, 2.45) is 0 Å². The van der Waals surface area contributed by atoms with Gasteiger partial charge in [-0.05, 0) is 48.9 Å². The molecule has 4 rings (SSSR count). The van der Waals surface area contributed by atoms with Crippen molar-refractivity contribution in [2.45, 2.75) is 13.3 Å². The monoisotopic (exact) mass is 496 g/mol. The zero-order valence-corrected chi connectivity index (χ0v) is 20.4. The number of benzene rings is 3. The molecule has 0 aromatic heterocycles. The molecule has 1 fully saturated rings. The van der Waals surface area contributed by atoms with E-state index < -0.39 is 6.03 Å². The van der Waals surface area contributed by atoms with E-state index in [9.17, 15) is 9.59 Å². The third-order valence-corrected chi connectivity index (χ3v) is 6.58. The van der Waals surface area contributed by atoms with E-state index in [0.717, 1.165) is 24.3 Å². The fraction of sp³-hybridized carbons (Fsp3) is 0.231. The number of amides is 3. The van der Waals surface area contributed by atoms with Gasteiger partial charge in [0, 0.05) is 37.6 Å². The second kappa shape index (κ2) is 10.8. The van der Waals surface area contributed by atoms with Gasteiger partial charge in [-0.3, -0.25) is 4.79 Å². The van der Waals surface area contributed by atoms with Crippen LogP contribution in [0.25, 0.3) is 0 Å². The number of anilines is 3. The van der Waals surface area contributed by atoms with Gasteiger partial charge >= 0.3 is 6.03 Å². The molecule has 8 heteroatoms. The Hall–Kier alpha value is -3.22. The van der Waals surface area contributed by atoms with Gasteiger partial charge in [0.25, 0.3) is 0 Å². The highest BCUT2D eigenvalue weighted by atomic mass is 35.5. The van der Waals surface area contributed by atoms with Crippen molar-refractivity contribution < 1.29 is 9.59 Å². The van der Waals surface area contributed by atoms with E-state index in [4.69, 9.17) is 23.2 Å². The molecule has 1 saturated heterocycles. The van der Waals surface area contributed by atoms with E-state index in [1.54, 1.807) is 18.2 Å². The molecule has 3 aromatic rings. The predicted molar refractivity (Wildman–Crippen MR) is 139 cm³/mol. The Morgan fingerprint density at radius 1 is 0.882 bits per heavy atom. The number of hydrogen-bond acceptors (Lipinski definition) is 3. The van der Waals surface area contributed by atoms with Crippen LogP contribution in [0.5, 0.6) is 0 Å². The van der Waals surface area contributed by atoms with Crippen molar-refractivity contribution in [3.63, 3.8) is 0 Å². The highest BCUT2D eigenvalue weighted by Gasteiger charge is 2.21. The first kappa shape index (κ1) is 23.9. The third-order valence-electron chi connectivity index (χ3n) is 5.76. The smallest absolute Gasteiger partial charge is 0.323 e. The van der Waals surface area contributed by atoms with Gasteiger partial charge in [0.1, 0.15) is 0 Å². The van der Waals surface area contributed by atoms with Crippen LogP contribution in [-0.2, 0) is 11.2 Å². The van der Waals surface area contributed by atoms with Crippen molar-refractivity contribution in [1.82, 2.24) is 4.90 Å². The van der Waals surface area contributed by atoms with Crippen molar-refractivity contribution in [1.29, 1.82) is 0 Å². The van der Waals surface area contributed by atoms with Crippen molar-refractivity contribution in [3.8, 4) is 0 Å². The van der Waals surface area contributed by atoms with E-state index >= 15 is 0 Å². The summed E-state index contributed by atoms with van der Waals surface area (Å²) in [5.74, 6) is 0.163. The van der Waals surface area contributed by atoms with Crippen LogP contribution in [0.2, 0.25) is 10.0 Å². The predicted octanol–water partition coefficient (Wildman–Crippen LogP) is 5.84. The Bertz CT molecular complexity index is 1180. The maximum Gasteiger partial charge on any atom is 0.323 e. The summed E-state index contributed by atoms with van der Waals surface area (Å²) < 4.78 is 0. The van der Waals surface area contributed by atoms with Crippen LogP contribution in [0.15, 0.2) is 66.7 Å². The lowest BCUT2D eigenvalue weighted by Gasteiger charge is -2.36. The second-order valence-electron chi connectivity index (χ2n) is 8.26. The van der Waals surface area contributed by atoms with E-state index in [0.29, 0.717) is 40.9 Å². The number of aryl methyl sites for hydroxylation is 1. The Morgan fingerprint density at radius 2 is 1.59 bits per heavy atom. The van der Waals surface area contributed by atoms with Gasteiger partial charge in [-0.1, -0.05) is 59.1 Å². The molecule has 0 radical (unpaired) electrons. The van der Waals surface area contributed by atoms with Gasteiger partial charge in [0.2, 0.25) is 5.91 Å². The van der Waals surface area contributed by atoms with Gasteiger partial charge in [-0.25, -0.2) is 4.79 Å². The van der Waals surface area contributed by atoms with Crippen LogP contribution in [0.4, 0.5) is 21.9 Å². The summed E-state index contributed by atoms with van der Waals surface area (Å²) in [5.41, 5.74) is 4.37. The van der Waals surface area contributed by atoms with Crippen LogP contribution >= 0.6 is 23.2 Å². The zero-order valence-electron chi connectivity index (χ0n) is 18.9. The summed E-state index contributed by atoms with van der Waals surface area (Å²) in [6, 6.07) is 20.4. The van der Waals surface area contributed by atoms with Gasteiger partial charge in [-0.15, -0.1) is 0 Å². The quantitative estimate of drug-likeness (QED) is 0.466. The molecule has 1 aliphatic heterocycles. The Labute approximate surface area is 209 Å². The molecule has 6 nitrogen and oxygen atoms in total. The first-order valence-electron chi connectivity index (χ1n) is 11.1.